The molecule has 1 amide bonds. The number of rotatable bonds is 5. The van der Waals surface area contributed by atoms with E-state index >= 15 is 0 Å². The summed E-state index contributed by atoms with van der Waals surface area (Å²) < 4.78 is 16.0. The molecule has 1 aliphatic rings. The highest BCUT2D eigenvalue weighted by molar-refractivity contribution is 5.80. The average molecular weight is 378 g/mol. The molecule has 150 valence electrons. The van der Waals surface area contributed by atoms with Crippen LogP contribution in [0.5, 0.6) is 11.5 Å². The van der Waals surface area contributed by atoms with E-state index in [-0.39, 0.29) is 12.1 Å². The third-order valence-electron chi connectivity index (χ3n) is 4.04. The maximum atomic E-state index is 12.0. The topological polar surface area (TPSA) is 84.4 Å². The van der Waals surface area contributed by atoms with Gasteiger partial charge in [-0.15, -0.1) is 0 Å². The summed E-state index contributed by atoms with van der Waals surface area (Å²) in [6.07, 6.45) is -0.286. The van der Waals surface area contributed by atoms with Gasteiger partial charge in [-0.1, -0.05) is 0 Å². The minimum atomic E-state index is -0.482. The van der Waals surface area contributed by atoms with Gasteiger partial charge in [0.2, 0.25) is 0 Å². The van der Waals surface area contributed by atoms with E-state index in [9.17, 15) is 4.79 Å². The van der Waals surface area contributed by atoms with Crippen molar-refractivity contribution in [1.82, 2.24) is 15.5 Å². The van der Waals surface area contributed by atoms with Gasteiger partial charge >= 0.3 is 6.09 Å². The zero-order chi connectivity index (χ0) is 20.0. The molecular formula is C19H30N4O4. The van der Waals surface area contributed by atoms with Gasteiger partial charge in [-0.2, -0.15) is 0 Å². The fraction of sp³-hybridized carbons (Fsp3) is 0.579. The van der Waals surface area contributed by atoms with E-state index in [1.54, 1.807) is 26.2 Å². The molecule has 0 aromatic heterocycles. The van der Waals surface area contributed by atoms with Crippen molar-refractivity contribution in [3.05, 3.63) is 23.8 Å². The Kier molecular flexibility index (Phi) is 6.76. The molecule has 1 heterocycles. The first-order chi connectivity index (χ1) is 12.8. The van der Waals surface area contributed by atoms with Gasteiger partial charge < -0.3 is 29.7 Å². The summed E-state index contributed by atoms with van der Waals surface area (Å²) in [5.41, 5.74) is 0.509. The molecule has 0 saturated carbocycles. The molecule has 2 N–H and O–H groups in total. The van der Waals surface area contributed by atoms with Crippen LogP contribution in [0.4, 0.5) is 4.79 Å². The molecule has 27 heavy (non-hydrogen) atoms. The molecule has 1 fully saturated rings. The highest BCUT2D eigenvalue weighted by atomic mass is 16.6. The number of benzene rings is 1. The lowest BCUT2D eigenvalue weighted by Crippen LogP contribution is -2.63. The van der Waals surface area contributed by atoms with E-state index in [2.05, 4.69) is 15.6 Å². The van der Waals surface area contributed by atoms with Crippen molar-refractivity contribution in [3.8, 4) is 11.5 Å². The maximum Gasteiger partial charge on any atom is 0.410 e. The van der Waals surface area contributed by atoms with Crippen molar-refractivity contribution < 1.29 is 19.0 Å². The number of nitrogens with one attached hydrogen (secondary N) is 2. The number of carbonyl (C=O) groups is 1. The Morgan fingerprint density at radius 3 is 2.52 bits per heavy atom. The average Bonchev–Trinajstić information content (AvgIpc) is 2.58. The van der Waals surface area contributed by atoms with Crippen LogP contribution in [0.2, 0.25) is 0 Å². The van der Waals surface area contributed by atoms with E-state index in [1.165, 1.54) is 0 Å². The van der Waals surface area contributed by atoms with Crippen LogP contribution in [-0.4, -0.2) is 63.0 Å². The van der Waals surface area contributed by atoms with Crippen molar-refractivity contribution in [2.45, 2.75) is 39.0 Å². The van der Waals surface area contributed by atoms with E-state index in [0.29, 0.717) is 25.6 Å². The number of aliphatic imine (C=N–C) groups is 1. The zero-order valence-corrected chi connectivity index (χ0v) is 17.0. The first-order valence-electron chi connectivity index (χ1n) is 8.91. The van der Waals surface area contributed by atoms with Gasteiger partial charge in [0.1, 0.15) is 17.1 Å². The molecule has 0 atom stereocenters. The lowest BCUT2D eigenvalue weighted by Gasteiger charge is -2.40. The van der Waals surface area contributed by atoms with Crippen molar-refractivity contribution in [2.24, 2.45) is 4.99 Å². The van der Waals surface area contributed by atoms with Crippen LogP contribution in [0.25, 0.3) is 0 Å². The Labute approximate surface area is 160 Å². The highest BCUT2D eigenvalue weighted by Crippen LogP contribution is 2.24. The molecule has 1 aromatic rings. The number of nitrogens with zero attached hydrogens (tertiary/aromatic N) is 2. The van der Waals surface area contributed by atoms with Crippen LogP contribution in [-0.2, 0) is 11.3 Å². The summed E-state index contributed by atoms with van der Waals surface area (Å²) >= 11 is 0. The molecule has 0 spiro atoms. The fourth-order valence-electron chi connectivity index (χ4n) is 2.61. The second-order valence-corrected chi connectivity index (χ2v) is 7.33. The number of hydrogen-bond acceptors (Lipinski definition) is 5. The second kappa shape index (κ2) is 8.83. The molecule has 0 radical (unpaired) electrons. The van der Waals surface area contributed by atoms with Crippen molar-refractivity contribution >= 4 is 12.1 Å². The molecule has 0 bridgehead atoms. The second-order valence-electron chi connectivity index (χ2n) is 7.33. The minimum absolute atomic E-state index is 0.140. The molecule has 8 nitrogen and oxygen atoms in total. The smallest absolute Gasteiger partial charge is 0.410 e. The van der Waals surface area contributed by atoms with Gasteiger partial charge in [0.25, 0.3) is 0 Å². The summed E-state index contributed by atoms with van der Waals surface area (Å²) in [5.74, 6) is 2.16. The molecule has 2 rings (SSSR count). The standard InChI is InChI=1S/C19H30N4O4/c1-19(2,3)27-18(24)23-11-14(12-23)22-17(20-4)21-10-13-7-8-15(25-5)9-16(13)26-6/h7-9,14H,10-12H2,1-6H3,(H2,20,21,22). The van der Waals surface area contributed by atoms with Crippen LogP contribution >= 0.6 is 0 Å². The molecule has 0 unspecified atom stereocenters. The maximum absolute atomic E-state index is 12.0. The Bertz CT molecular complexity index is 679. The largest absolute Gasteiger partial charge is 0.497 e. The van der Waals surface area contributed by atoms with Gasteiger partial charge in [0.05, 0.1) is 20.3 Å². The van der Waals surface area contributed by atoms with Crippen molar-refractivity contribution in [1.29, 1.82) is 0 Å². The molecule has 1 saturated heterocycles. The third kappa shape index (κ3) is 5.94. The Morgan fingerprint density at radius 1 is 1.26 bits per heavy atom. The van der Waals surface area contributed by atoms with E-state index in [4.69, 9.17) is 14.2 Å². The summed E-state index contributed by atoms with van der Waals surface area (Å²) in [7, 11) is 4.97. The van der Waals surface area contributed by atoms with Crippen molar-refractivity contribution in [2.75, 3.05) is 34.4 Å². The lowest BCUT2D eigenvalue weighted by atomic mass is 10.1. The number of hydrogen-bond donors (Lipinski definition) is 2. The Hall–Kier alpha value is -2.64. The van der Waals surface area contributed by atoms with Crippen LogP contribution in [0, 0.1) is 0 Å². The third-order valence-corrected chi connectivity index (χ3v) is 4.04. The number of likely N-dealkylation sites (tertiary alicyclic amines) is 1. The first-order valence-corrected chi connectivity index (χ1v) is 8.91. The van der Waals surface area contributed by atoms with E-state index < -0.39 is 5.60 Å². The van der Waals surface area contributed by atoms with E-state index in [1.807, 2.05) is 39.0 Å². The molecular weight excluding hydrogens is 348 g/mol. The van der Waals surface area contributed by atoms with Crippen LogP contribution in [0.1, 0.15) is 26.3 Å². The van der Waals surface area contributed by atoms with Gasteiger partial charge in [0, 0.05) is 38.3 Å². The lowest BCUT2D eigenvalue weighted by molar-refractivity contribution is 0.00701. The number of carbonyl (C=O) groups excluding carboxylic acids is 1. The molecule has 1 aliphatic heterocycles. The number of methoxy groups -OCH3 is 2. The predicted molar refractivity (Wildman–Crippen MR) is 104 cm³/mol. The van der Waals surface area contributed by atoms with Crippen LogP contribution in [0.15, 0.2) is 23.2 Å². The normalized spacial score (nSPS) is 15.0. The SMILES string of the molecule is CN=C(NCc1ccc(OC)cc1OC)NC1CN(C(=O)OC(C)(C)C)C1. The fourth-order valence-corrected chi connectivity index (χ4v) is 2.61. The Morgan fingerprint density at radius 2 is 1.96 bits per heavy atom. The zero-order valence-electron chi connectivity index (χ0n) is 17.0. The quantitative estimate of drug-likeness (QED) is 0.602. The van der Waals surface area contributed by atoms with Crippen molar-refractivity contribution in [3.63, 3.8) is 0 Å². The predicted octanol–water partition coefficient (Wildman–Crippen LogP) is 1.99. The summed E-state index contributed by atoms with van der Waals surface area (Å²) in [6, 6.07) is 5.82. The summed E-state index contributed by atoms with van der Waals surface area (Å²) in [6.45, 7) is 7.30. The number of guanidine groups is 1. The van der Waals surface area contributed by atoms with Gasteiger partial charge in [-0.3, -0.25) is 4.99 Å². The first kappa shape index (κ1) is 20.7. The van der Waals surface area contributed by atoms with Crippen LogP contribution < -0.4 is 20.1 Å². The van der Waals surface area contributed by atoms with Gasteiger partial charge in [0.15, 0.2) is 5.96 Å². The minimum Gasteiger partial charge on any atom is -0.497 e. The highest BCUT2D eigenvalue weighted by Gasteiger charge is 2.34. The molecule has 8 heteroatoms. The number of ether oxygens (including phenoxy) is 3. The van der Waals surface area contributed by atoms with E-state index in [0.717, 1.165) is 17.1 Å². The molecule has 1 aromatic carbocycles. The van der Waals surface area contributed by atoms with Gasteiger partial charge in [-0.05, 0) is 32.9 Å². The monoisotopic (exact) mass is 378 g/mol. The summed E-state index contributed by atoms with van der Waals surface area (Å²) in [5, 5.41) is 6.57. The summed E-state index contributed by atoms with van der Waals surface area (Å²) in [4.78, 5) is 17.9. The van der Waals surface area contributed by atoms with Gasteiger partial charge in [-0.25, -0.2) is 4.79 Å². The number of amides is 1. The molecule has 0 aliphatic carbocycles. The Balaban J connectivity index is 1.82. The van der Waals surface area contributed by atoms with Crippen LogP contribution in [0.3, 0.4) is 0 Å².